The molecule has 2 aromatic carbocycles. The Bertz CT molecular complexity index is 1000. The van der Waals surface area contributed by atoms with Crippen molar-refractivity contribution in [3.8, 4) is 10.9 Å². The van der Waals surface area contributed by atoms with E-state index in [4.69, 9.17) is 9.47 Å². The van der Waals surface area contributed by atoms with Gasteiger partial charge in [0.1, 0.15) is 23.2 Å². The van der Waals surface area contributed by atoms with Crippen molar-refractivity contribution in [1.82, 2.24) is 9.88 Å². The van der Waals surface area contributed by atoms with Crippen molar-refractivity contribution in [3.05, 3.63) is 54.1 Å². The number of carbonyl (C=O) groups excluding carboxylic acids is 1. The summed E-state index contributed by atoms with van der Waals surface area (Å²) in [4.78, 5) is 18.5. The Morgan fingerprint density at radius 1 is 1.21 bits per heavy atom. The Morgan fingerprint density at radius 3 is 2.66 bits per heavy atom. The average molecular weight is 418 g/mol. The summed E-state index contributed by atoms with van der Waals surface area (Å²) in [5.74, 6) is -0.737. The van der Waals surface area contributed by atoms with Crippen molar-refractivity contribution in [2.45, 2.75) is 32.0 Å². The first-order valence-corrected chi connectivity index (χ1v) is 10.2. The summed E-state index contributed by atoms with van der Waals surface area (Å²) >= 11 is 1.12. The largest absolute Gasteiger partial charge is 0.481 e. The quantitative estimate of drug-likeness (QED) is 0.616. The molecule has 4 rings (SSSR count). The van der Waals surface area contributed by atoms with Crippen LogP contribution in [0.3, 0.4) is 0 Å². The summed E-state index contributed by atoms with van der Waals surface area (Å²) in [6.45, 7) is 2.83. The second-order valence-corrected chi connectivity index (χ2v) is 7.92. The van der Waals surface area contributed by atoms with E-state index in [0.29, 0.717) is 41.6 Å². The highest BCUT2D eigenvalue weighted by molar-refractivity contribution is 7.20. The Hall–Kier alpha value is -2.74. The van der Waals surface area contributed by atoms with Crippen molar-refractivity contribution >= 4 is 27.5 Å². The normalized spacial score (nSPS) is 16.0. The Morgan fingerprint density at radius 2 is 1.93 bits per heavy atom. The second-order valence-electron chi connectivity index (χ2n) is 6.93. The van der Waals surface area contributed by atoms with Gasteiger partial charge in [-0.25, -0.2) is 8.78 Å². The van der Waals surface area contributed by atoms with Gasteiger partial charge in [-0.05, 0) is 25.1 Å². The lowest BCUT2D eigenvalue weighted by molar-refractivity contribution is -0.139. The van der Waals surface area contributed by atoms with Crippen LogP contribution in [0.5, 0.6) is 10.9 Å². The molecule has 0 bridgehead atoms. The van der Waals surface area contributed by atoms with Crippen LogP contribution in [0.15, 0.2) is 42.5 Å². The van der Waals surface area contributed by atoms with E-state index in [0.717, 1.165) is 17.4 Å². The van der Waals surface area contributed by atoms with Crippen LogP contribution in [0.4, 0.5) is 8.78 Å². The summed E-state index contributed by atoms with van der Waals surface area (Å²) in [5, 5.41) is 0.315. The lowest BCUT2D eigenvalue weighted by Crippen LogP contribution is -2.46. The zero-order chi connectivity index (χ0) is 20.4. The minimum absolute atomic E-state index is 0.0650. The smallest absolute Gasteiger partial charge is 0.274 e. The van der Waals surface area contributed by atoms with Crippen LogP contribution in [0.25, 0.3) is 10.2 Å². The molecule has 2 heterocycles. The molecule has 3 aromatic rings. The number of para-hydroxylation sites is 1. The summed E-state index contributed by atoms with van der Waals surface area (Å²) < 4.78 is 39.1. The van der Waals surface area contributed by atoms with Gasteiger partial charge < -0.3 is 14.4 Å². The molecular formula is C21H20F2N2O3S. The molecule has 0 N–H and O–H groups in total. The maximum atomic E-state index is 13.8. The van der Waals surface area contributed by atoms with Gasteiger partial charge in [0.05, 0.1) is 4.70 Å². The second kappa shape index (κ2) is 8.32. The summed E-state index contributed by atoms with van der Waals surface area (Å²) in [6, 6.07) is 11.3. The number of amides is 1. The molecule has 0 radical (unpaired) electrons. The summed E-state index contributed by atoms with van der Waals surface area (Å²) in [7, 11) is 0. The van der Waals surface area contributed by atoms with Gasteiger partial charge in [0.15, 0.2) is 11.9 Å². The van der Waals surface area contributed by atoms with Crippen LogP contribution in [0, 0.1) is 11.6 Å². The lowest BCUT2D eigenvalue weighted by Gasteiger charge is -2.33. The van der Waals surface area contributed by atoms with Crippen molar-refractivity contribution in [1.29, 1.82) is 0 Å². The highest BCUT2D eigenvalue weighted by atomic mass is 32.1. The van der Waals surface area contributed by atoms with Crippen molar-refractivity contribution in [3.63, 3.8) is 0 Å². The van der Waals surface area contributed by atoms with Gasteiger partial charge in [-0.3, -0.25) is 4.79 Å². The predicted molar refractivity (Wildman–Crippen MR) is 106 cm³/mol. The first-order valence-electron chi connectivity index (χ1n) is 9.42. The van der Waals surface area contributed by atoms with Crippen molar-refractivity contribution in [2.75, 3.05) is 13.1 Å². The van der Waals surface area contributed by atoms with Crippen molar-refractivity contribution < 1.29 is 23.0 Å². The first kappa shape index (κ1) is 19.6. The summed E-state index contributed by atoms with van der Waals surface area (Å²) in [6.07, 6.45) is 0.572. The zero-order valence-electron chi connectivity index (χ0n) is 15.8. The van der Waals surface area contributed by atoms with Crippen LogP contribution >= 0.6 is 11.3 Å². The van der Waals surface area contributed by atoms with Gasteiger partial charge in [-0.15, -0.1) is 0 Å². The van der Waals surface area contributed by atoms with Gasteiger partial charge in [0.25, 0.3) is 11.1 Å². The fraction of sp³-hybridized carbons (Fsp3) is 0.333. The number of fused-ring (bicyclic) bond motifs is 1. The van der Waals surface area contributed by atoms with Crippen LogP contribution in [0.2, 0.25) is 0 Å². The van der Waals surface area contributed by atoms with Gasteiger partial charge in [-0.1, -0.05) is 29.5 Å². The Balaban J connectivity index is 1.32. The van der Waals surface area contributed by atoms with E-state index in [1.54, 1.807) is 11.8 Å². The third-order valence-electron chi connectivity index (χ3n) is 4.82. The number of hydrogen-bond donors (Lipinski definition) is 0. The molecule has 1 aliphatic heterocycles. The average Bonchev–Trinajstić information content (AvgIpc) is 3.11. The lowest BCUT2D eigenvalue weighted by atomic mass is 10.1. The molecule has 29 heavy (non-hydrogen) atoms. The molecule has 1 amide bonds. The molecule has 0 spiro atoms. The predicted octanol–water partition coefficient (Wildman–Crippen LogP) is 4.41. The number of thiazole rings is 1. The number of halogens is 2. The molecule has 8 heteroatoms. The number of benzene rings is 2. The number of aromatic nitrogens is 1. The number of piperidine rings is 1. The number of carbonyl (C=O) groups is 1. The maximum absolute atomic E-state index is 13.8. The molecule has 0 aliphatic carbocycles. The van der Waals surface area contributed by atoms with Crippen molar-refractivity contribution in [2.24, 2.45) is 0 Å². The van der Waals surface area contributed by atoms with E-state index in [1.165, 1.54) is 6.07 Å². The third-order valence-corrected chi connectivity index (χ3v) is 5.71. The molecule has 1 aromatic heterocycles. The van der Waals surface area contributed by atoms with Gasteiger partial charge in [0, 0.05) is 32.0 Å². The number of likely N-dealkylation sites (tertiary alicyclic amines) is 1. The molecular weight excluding hydrogens is 398 g/mol. The van der Waals surface area contributed by atoms with Crippen LogP contribution < -0.4 is 9.47 Å². The maximum Gasteiger partial charge on any atom is 0.274 e. The van der Waals surface area contributed by atoms with Crippen LogP contribution in [0.1, 0.15) is 19.8 Å². The number of ether oxygens (including phenoxy) is 2. The number of rotatable bonds is 5. The molecule has 1 atom stereocenters. The van der Waals surface area contributed by atoms with E-state index in [-0.39, 0.29) is 17.5 Å². The fourth-order valence-corrected chi connectivity index (χ4v) is 4.26. The minimum Gasteiger partial charge on any atom is -0.481 e. The minimum atomic E-state index is -0.695. The van der Waals surface area contributed by atoms with Gasteiger partial charge >= 0.3 is 0 Å². The monoisotopic (exact) mass is 418 g/mol. The van der Waals surface area contributed by atoms with Gasteiger partial charge in [0.2, 0.25) is 0 Å². The molecule has 152 valence electrons. The van der Waals surface area contributed by atoms with E-state index in [1.807, 2.05) is 30.3 Å². The molecule has 5 nitrogen and oxygen atoms in total. The Labute approximate surface area is 170 Å². The van der Waals surface area contributed by atoms with Gasteiger partial charge in [-0.2, -0.15) is 4.98 Å². The van der Waals surface area contributed by atoms with E-state index >= 15 is 0 Å². The van der Waals surface area contributed by atoms with E-state index in [9.17, 15) is 13.6 Å². The molecule has 1 saturated heterocycles. The molecule has 1 fully saturated rings. The van der Waals surface area contributed by atoms with E-state index < -0.39 is 17.7 Å². The SMILES string of the molecule is CC(Oc1ccccc1)C(=O)N1CCC(Oc2nc3c(F)cc(F)cc3s2)CC1. The number of nitrogens with zero attached hydrogens (tertiary/aromatic N) is 2. The zero-order valence-corrected chi connectivity index (χ0v) is 16.6. The molecule has 1 unspecified atom stereocenters. The van der Waals surface area contributed by atoms with E-state index in [2.05, 4.69) is 4.98 Å². The first-order chi connectivity index (χ1) is 14.0. The third kappa shape index (κ3) is 4.48. The number of hydrogen-bond acceptors (Lipinski definition) is 5. The summed E-state index contributed by atoms with van der Waals surface area (Å²) in [5.41, 5.74) is 0.117. The highest BCUT2D eigenvalue weighted by Gasteiger charge is 2.28. The topological polar surface area (TPSA) is 51.7 Å². The molecule has 1 aliphatic rings. The fourth-order valence-electron chi connectivity index (χ4n) is 3.33. The molecule has 0 saturated carbocycles. The van der Waals surface area contributed by atoms with Crippen LogP contribution in [-0.2, 0) is 4.79 Å². The van der Waals surface area contributed by atoms with Crippen LogP contribution in [-0.4, -0.2) is 41.1 Å². The Kier molecular flexibility index (Phi) is 5.62. The highest BCUT2D eigenvalue weighted by Crippen LogP contribution is 2.32. The standard InChI is InChI=1S/C21H20F2N2O3S/c1-13(27-15-5-3-2-4-6-15)20(26)25-9-7-16(8-10-25)28-21-24-19-17(23)11-14(22)12-18(19)29-21/h2-6,11-13,16H,7-10H2,1H3.